The van der Waals surface area contributed by atoms with Crippen molar-refractivity contribution in [2.45, 2.75) is 31.8 Å². The lowest BCUT2D eigenvalue weighted by Crippen LogP contribution is -2.34. The molecule has 1 aliphatic heterocycles. The summed E-state index contributed by atoms with van der Waals surface area (Å²) in [5, 5.41) is 1.07. The molecule has 3 aromatic rings. The van der Waals surface area contributed by atoms with Gasteiger partial charge in [-0.15, -0.1) is 0 Å². The number of benzene rings is 2. The van der Waals surface area contributed by atoms with Crippen molar-refractivity contribution in [1.29, 1.82) is 0 Å². The van der Waals surface area contributed by atoms with Crippen LogP contribution in [-0.2, 0) is 4.79 Å². The molecular weight excluding hydrogens is 336 g/mol. The number of ether oxygens (including phenoxy) is 1. The van der Waals surface area contributed by atoms with E-state index < -0.39 is 0 Å². The van der Waals surface area contributed by atoms with Gasteiger partial charge in [-0.25, -0.2) is 0 Å². The zero-order chi connectivity index (χ0) is 18.6. The second-order valence-electron chi connectivity index (χ2n) is 7.02. The Morgan fingerprint density at radius 3 is 2.78 bits per heavy atom. The molecule has 4 nitrogen and oxygen atoms in total. The number of hydrogen-bond donors (Lipinski definition) is 0. The molecule has 4 rings (SSSR count). The molecule has 0 unspecified atom stereocenters. The number of amides is 1. The van der Waals surface area contributed by atoms with Crippen molar-refractivity contribution >= 4 is 16.8 Å². The Kier molecular flexibility index (Phi) is 5.05. The van der Waals surface area contributed by atoms with E-state index in [4.69, 9.17) is 4.74 Å². The van der Waals surface area contributed by atoms with Gasteiger partial charge >= 0.3 is 0 Å². The molecule has 0 spiro atoms. The smallest absolute Gasteiger partial charge is 0.230 e. The molecule has 138 valence electrons. The number of rotatable bonds is 5. The van der Waals surface area contributed by atoms with Crippen LogP contribution in [0.5, 0.6) is 5.75 Å². The number of carbonyl (C=O) groups is 1. The van der Waals surface area contributed by atoms with E-state index in [-0.39, 0.29) is 17.9 Å². The topological polar surface area (TPSA) is 42.4 Å². The van der Waals surface area contributed by atoms with Crippen molar-refractivity contribution in [2.75, 3.05) is 13.1 Å². The zero-order valence-corrected chi connectivity index (χ0v) is 15.5. The van der Waals surface area contributed by atoms with Gasteiger partial charge in [-0.3, -0.25) is 9.78 Å². The fraction of sp³-hybridized carbons (Fsp3) is 0.304. The SMILES string of the molecule is CC[C@@H](C(=O)N1CC[C@H](Oc2cccc3cccnc23)C1)c1ccccc1. The summed E-state index contributed by atoms with van der Waals surface area (Å²) in [5.41, 5.74) is 1.97. The number of hydrogen-bond acceptors (Lipinski definition) is 3. The Hall–Kier alpha value is -2.88. The minimum atomic E-state index is -0.0795. The number of fused-ring (bicyclic) bond motifs is 1. The first-order valence-corrected chi connectivity index (χ1v) is 9.60. The highest BCUT2D eigenvalue weighted by Crippen LogP contribution is 2.28. The van der Waals surface area contributed by atoms with Crippen molar-refractivity contribution in [3.05, 3.63) is 72.4 Å². The predicted octanol–water partition coefficient (Wildman–Crippen LogP) is 4.41. The van der Waals surface area contributed by atoms with Gasteiger partial charge in [-0.2, -0.15) is 0 Å². The molecule has 0 aliphatic carbocycles. The van der Waals surface area contributed by atoms with Crippen molar-refractivity contribution < 1.29 is 9.53 Å². The highest BCUT2D eigenvalue weighted by molar-refractivity contribution is 5.85. The van der Waals surface area contributed by atoms with E-state index in [1.54, 1.807) is 6.20 Å². The van der Waals surface area contributed by atoms with Gasteiger partial charge in [0.05, 0.1) is 12.5 Å². The van der Waals surface area contributed by atoms with Crippen molar-refractivity contribution in [1.82, 2.24) is 9.88 Å². The summed E-state index contributed by atoms with van der Waals surface area (Å²) >= 11 is 0. The van der Waals surface area contributed by atoms with Crippen LogP contribution in [0.4, 0.5) is 0 Å². The van der Waals surface area contributed by atoms with Crippen molar-refractivity contribution in [3.8, 4) is 5.75 Å². The van der Waals surface area contributed by atoms with Crippen molar-refractivity contribution in [2.24, 2.45) is 0 Å². The molecular formula is C23H24N2O2. The van der Waals surface area contributed by atoms with Gasteiger partial charge in [0.1, 0.15) is 17.4 Å². The molecule has 2 heterocycles. The third kappa shape index (κ3) is 3.65. The summed E-state index contributed by atoms with van der Waals surface area (Å²) in [6, 6.07) is 20.0. The molecule has 2 aromatic carbocycles. The van der Waals surface area contributed by atoms with Gasteiger partial charge in [-0.05, 0) is 24.1 Å². The quantitative estimate of drug-likeness (QED) is 0.677. The Morgan fingerprint density at radius 2 is 1.96 bits per heavy atom. The average molecular weight is 360 g/mol. The van der Waals surface area contributed by atoms with Crippen LogP contribution >= 0.6 is 0 Å². The summed E-state index contributed by atoms with van der Waals surface area (Å²) in [7, 11) is 0. The lowest BCUT2D eigenvalue weighted by molar-refractivity contribution is -0.132. The molecule has 2 atom stereocenters. The number of aromatic nitrogens is 1. The molecule has 0 saturated carbocycles. The highest BCUT2D eigenvalue weighted by atomic mass is 16.5. The van der Waals surface area contributed by atoms with Crippen LogP contribution in [0.15, 0.2) is 66.9 Å². The molecule has 0 radical (unpaired) electrons. The van der Waals surface area contributed by atoms with Crippen LogP contribution in [0.3, 0.4) is 0 Å². The third-order valence-corrected chi connectivity index (χ3v) is 5.25. The van der Waals surface area contributed by atoms with E-state index in [2.05, 4.69) is 11.9 Å². The number of para-hydroxylation sites is 1. The predicted molar refractivity (Wildman–Crippen MR) is 107 cm³/mol. The van der Waals surface area contributed by atoms with E-state index in [1.165, 1.54) is 0 Å². The lowest BCUT2D eigenvalue weighted by atomic mass is 9.95. The summed E-state index contributed by atoms with van der Waals surface area (Å²) in [6.07, 6.45) is 3.44. The number of nitrogens with zero attached hydrogens (tertiary/aromatic N) is 2. The minimum Gasteiger partial charge on any atom is -0.486 e. The first-order valence-electron chi connectivity index (χ1n) is 9.60. The standard InChI is InChI=1S/C23H24N2O2/c1-2-20(17-8-4-3-5-9-17)23(26)25-15-13-19(16-25)27-21-12-6-10-18-11-7-14-24-22(18)21/h3-12,14,19-20H,2,13,15-16H2,1H3/t19-,20+/m0/s1. The number of pyridine rings is 1. The fourth-order valence-corrected chi connectivity index (χ4v) is 3.83. The monoisotopic (exact) mass is 360 g/mol. The van der Waals surface area contributed by atoms with E-state index in [9.17, 15) is 4.79 Å². The van der Waals surface area contributed by atoms with Gasteiger partial charge in [-0.1, -0.05) is 55.5 Å². The molecule has 1 saturated heterocycles. The normalized spacial score (nSPS) is 17.8. The highest BCUT2D eigenvalue weighted by Gasteiger charge is 2.32. The summed E-state index contributed by atoms with van der Waals surface area (Å²) in [4.78, 5) is 19.4. The Morgan fingerprint density at radius 1 is 1.15 bits per heavy atom. The maximum atomic E-state index is 13.0. The largest absolute Gasteiger partial charge is 0.486 e. The number of carbonyl (C=O) groups excluding carboxylic acids is 1. The molecule has 1 amide bonds. The Bertz CT molecular complexity index is 921. The van der Waals surface area contributed by atoms with Gasteiger partial charge in [0.15, 0.2) is 0 Å². The van der Waals surface area contributed by atoms with Crippen LogP contribution < -0.4 is 4.74 Å². The second kappa shape index (κ2) is 7.78. The summed E-state index contributed by atoms with van der Waals surface area (Å²) < 4.78 is 6.23. The van der Waals surface area contributed by atoms with Crippen molar-refractivity contribution in [3.63, 3.8) is 0 Å². The Balaban J connectivity index is 1.46. The van der Waals surface area contributed by atoms with Crippen LogP contribution in [0.1, 0.15) is 31.2 Å². The zero-order valence-electron chi connectivity index (χ0n) is 15.5. The van der Waals surface area contributed by atoms with Gasteiger partial charge in [0.2, 0.25) is 5.91 Å². The van der Waals surface area contributed by atoms with Crippen LogP contribution in [0.25, 0.3) is 10.9 Å². The minimum absolute atomic E-state index is 0.00911. The van der Waals surface area contributed by atoms with Crippen LogP contribution in [-0.4, -0.2) is 35.0 Å². The number of likely N-dealkylation sites (tertiary alicyclic amines) is 1. The third-order valence-electron chi connectivity index (χ3n) is 5.25. The molecule has 1 aliphatic rings. The molecule has 27 heavy (non-hydrogen) atoms. The molecule has 0 N–H and O–H groups in total. The first kappa shape index (κ1) is 17.5. The van der Waals surface area contributed by atoms with Crippen LogP contribution in [0.2, 0.25) is 0 Å². The van der Waals surface area contributed by atoms with Gasteiger partial charge in [0, 0.05) is 24.5 Å². The molecule has 0 bridgehead atoms. The fourth-order valence-electron chi connectivity index (χ4n) is 3.83. The second-order valence-corrected chi connectivity index (χ2v) is 7.02. The summed E-state index contributed by atoms with van der Waals surface area (Å²) in [5.74, 6) is 0.914. The average Bonchev–Trinajstić information content (AvgIpc) is 3.18. The summed E-state index contributed by atoms with van der Waals surface area (Å²) in [6.45, 7) is 3.44. The molecule has 1 fully saturated rings. The first-order chi connectivity index (χ1) is 13.3. The van der Waals surface area contributed by atoms with Crippen LogP contribution in [0, 0.1) is 0 Å². The van der Waals surface area contributed by atoms with E-state index in [0.29, 0.717) is 6.54 Å². The maximum absolute atomic E-state index is 13.0. The Labute approximate surface area is 159 Å². The molecule has 1 aromatic heterocycles. The van der Waals surface area contributed by atoms with E-state index >= 15 is 0 Å². The van der Waals surface area contributed by atoms with E-state index in [0.717, 1.165) is 41.6 Å². The lowest BCUT2D eigenvalue weighted by Gasteiger charge is -2.23. The van der Waals surface area contributed by atoms with E-state index in [1.807, 2.05) is 65.6 Å². The van der Waals surface area contributed by atoms with Gasteiger partial charge in [0.25, 0.3) is 0 Å². The molecule has 4 heteroatoms. The van der Waals surface area contributed by atoms with Gasteiger partial charge < -0.3 is 9.64 Å². The maximum Gasteiger partial charge on any atom is 0.230 e.